The third-order valence-corrected chi connectivity index (χ3v) is 4.24. The average Bonchev–Trinajstić information content (AvgIpc) is 3.17. The maximum atomic E-state index is 12.0. The Balaban J connectivity index is 1.56. The van der Waals surface area contributed by atoms with Gasteiger partial charge in [-0.3, -0.25) is 5.32 Å². The molecule has 114 valence electrons. The van der Waals surface area contributed by atoms with Crippen molar-refractivity contribution in [1.29, 1.82) is 0 Å². The molecule has 2 amide bonds. The number of hydrogen-bond donors (Lipinski definition) is 3. The van der Waals surface area contributed by atoms with Gasteiger partial charge in [0.15, 0.2) is 0 Å². The fraction of sp³-hybridized carbons (Fsp3) is 0.250. The molecule has 0 unspecified atom stereocenters. The first-order valence-electron chi connectivity index (χ1n) is 7.13. The first kappa shape index (κ1) is 14.7. The number of aromatic nitrogens is 1. The van der Waals surface area contributed by atoms with Crippen LogP contribution in [0.5, 0.6) is 0 Å². The fourth-order valence-electron chi connectivity index (χ4n) is 2.41. The second-order valence-electron chi connectivity index (χ2n) is 5.21. The molecule has 1 aliphatic carbocycles. The number of nitrogens with one attached hydrogen (secondary N) is 2. The molecule has 1 aromatic carbocycles. The maximum Gasteiger partial charge on any atom is 0.320 e. The smallest absolute Gasteiger partial charge is 0.320 e. The summed E-state index contributed by atoms with van der Waals surface area (Å²) in [7, 11) is 0. The minimum Gasteiger partial charge on any atom is -0.396 e. The van der Waals surface area contributed by atoms with Crippen molar-refractivity contribution in [3.63, 3.8) is 0 Å². The highest BCUT2D eigenvalue weighted by atomic mass is 32.1. The minimum atomic E-state index is -0.253. The van der Waals surface area contributed by atoms with Gasteiger partial charge in [0.05, 0.1) is 5.69 Å². The molecule has 1 aromatic heterocycles. The van der Waals surface area contributed by atoms with Gasteiger partial charge in [0.25, 0.3) is 0 Å². The summed E-state index contributed by atoms with van der Waals surface area (Å²) in [5.41, 5.74) is 1.87. The number of nitrogens with zero attached hydrogens (tertiary/aromatic N) is 1. The highest BCUT2D eigenvalue weighted by Crippen LogP contribution is 2.25. The van der Waals surface area contributed by atoms with Crippen molar-refractivity contribution in [1.82, 2.24) is 9.69 Å². The van der Waals surface area contributed by atoms with Crippen LogP contribution in [-0.4, -0.2) is 28.2 Å². The first-order valence-corrected chi connectivity index (χ1v) is 7.91. The molecule has 3 N–H and O–H groups in total. The largest absolute Gasteiger partial charge is 0.396 e. The van der Waals surface area contributed by atoms with E-state index in [1.807, 2.05) is 48.6 Å². The monoisotopic (exact) mass is 315 g/mol. The average molecular weight is 315 g/mol. The first-order chi connectivity index (χ1) is 10.7. The van der Waals surface area contributed by atoms with E-state index in [1.54, 1.807) is 0 Å². The molecule has 0 saturated heterocycles. The summed E-state index contributed by atoms with van der Waals surface area (Å²) in [5.74, 6) is 0.137. The molecule has 1 aliphatic rings. The summed E-state index contributed by atoms with van der Waals surface area (Å²) < 4.78 is 4.35. The number of carbonyl (C=O) groups excluding carboxylic acids is 1. The van der Waals surface area contributed by atoms with Gasteiger partial charge < -0.3 is 10.4 Å². The van der Waals surface area contributed by atoms with Gasteiger partial charge in [0.2, 0.25) is 0 Å². The lowest BCUT2D eigenvalue weighted by atomic mass is 10.1. The van der Waals surface area contributed by atoms with Crippen LogP contribution in [0.1, 0.15) is 6.42 Å². The van der Waals surface area contributed by atoms with Crippen molar-refractivity contribution in [3.05, 3.63) is 48.6 Å². The highest BCUT2D eigenvalue weighted by molar-refractivity contribution is 7.10. The van der Waals surface area contributed by atoms with E-state index in [1.165, 1.54) is 11.5 Å². The Morgan fingerprint density at radius 3 is 2.86 bits per heavy atom. The molecule has 0 fully saturated rings. The van der Waals surface area contributed by atoms with Crippen LogP contribution in [-0.2, 0) is 0 Å². The molecule has 1 heterocycles. The summed E-state index contributed by atoms with van der Waals surface area (Å²) in [6.45, 7) is 0.117. The second kappa shape index (κ2) is 6.72. The quantitative estimate of drug-likeness (QED) is 0.760. The van der Waals surface area contributed by atoms with Crippen LogP contribution >= 0.6 is 11.5 Å². The van der Waals surface area contributed by atoms with Crippen LogP contribution in [0.15, 0.2) is 48.6 Å². The predicted molar refractivity (Wildman–Crippen MR) is 87.8 cm³/mol. The molecule has 0 radical (unpaired) electrons. The van der Waals surface area contributed by atoms with Crippen molar-refractivity contribution in [2.45, 2.75) is 12.5 Å². The van der Waals surface area contributed by atoms with E-state index in [-0.39, 0.29) is 24.6 Å². The number of aliphatic hydroxyl groups is 1. The van der Waals surface area contributed by atoms with Crippen LogP contribution in [0, 0.1) is 5.92 Å². The summed E-state index contributed by atoms with van der Waals surface area (Å²) in [6, 6.07) is 11.4. The van der Waals surface area contributed by atoms with Crippen LogP contribution in [0.3, 0.4) is 0 Å². The van der Waals surface area contributed by atoms with E-state index in [2.05, 4.69) is 15.0 Å². The second-order valence-corrected chi connectivity index (χ2v) is 6.02. The summed E-state index contributed by atoms with van der Waals surface area (Å²) in [5, 5.41) is 15.5. The number of carbonyl (C=O) groups is 1. The zero-order chi connectivity index (χ0) is 15.4. The van der Waals surface area contributed by atoms with Gasteiger partial charge in [-0.15, -0.1) is 0 Å². The molecule has 0 spiro atoms. The molecular weight excluding hydrogens is 298 g/mol. The molecule has 2 atom stereocenters. The van der Waals surface area contributed by atoms with Gasteiger partial charge in [-0.25, -0.2) is 4.79 Å². The number of aliphatic hydroxyl groups excluding tert-OH is 1. The Kier molecular flexibility index (Phi) is 4.50. The lowest BCUT2D eigenvalue weighted by molar-refractivity contribution is 0.238. The zero-order valence-corrected chi connectivity index (χ0v) is 12.7. The van der Waals surface area contributed by atoms with Gasteiger partial charge in [-0.2, -0.15) is 4.37 Å². The van der Waals surface area contributed by atoms with Gasteiger partial charge in [0.1, 0.15) is 5.00 Å². The van der Waals surface area contributed by atoms with E-state index >= 15 is 0 Å². The Morgan fingerprint density at radius 2 is 2.14 bits per heavy atom. The summed E-state index contributed by atoms with van der Waals surface area (Å²) in [4.78, 5) is 12.0. The number of amides is 2. The van der Waals surface area contributed by atoms with Crippen LogP contribution < -0.4 is 10.6 Å². The number of benzene rings is 1. The van der Waals surface area contributed by atoms with Crippen molar-refractivity contribution < 1.29 is 9.90 Å². The van der Waals surface area contributed by atoms with E-state index in [0.717, 1.165) is 17.7 Å². The van der Waals surface area contributed by atoms with E-state index < -0.39 is 0 Å². The summed E-state index contributed by atoms with van der Waals surface area (Å²) in [6.07, 6.45) is 4.59. The number of urea groups is 1. The summed E-state index contributed by atoms with van der Waals surface area (Å²) >= 11 is 1.26. The fourth-order valence-corrected chi connectivity index (χ4v) is 3.07. The third-order valence-electron chi connectivity index (χ3n) is 3.54. The normalized spacial score (nSPS) is 20.0. The molecule has 2 aromatic rings. The Hall–Kier alpha value is -2.18. The molecule has 0 bridgehead atoms. The van der Waals surface area contributed by atoms with E-state index in [9.17, 15) is 4.79 Å². The number of anilines is 1. The van der Waals surface area contributed by atoms with Crippen LogP contribution in [0.4, 0.5) is 9.80 Å². The molecule has 22 heavy (non-hydrogen) atoms. The SMILES string of the molecule is O=C(Nc1cc(-c2ccccc2)ns1)N[C@@H]1C=C[C@H](CO)C1. The van der Waals surface area contributed by atoms with Gasteiger partial charge in [-0.05, 0) is 18.0 Å². The highest BCUT2D eigenvalue weighted by Gasteiger charge is 2.19. The standard InChI is InChI=1S/C16H17N3O2S/c20-10-11-6-7-13(8-11)17-16(21)18-15-9-14(19-22-15)12-4-2-1-3-5-12/h1-7,9,11,13,20H,8,10H2,(H2,17,18,21)/t11-,13+/m0/s1. The number of hydrogen-bond acceptors (Lipinski definition) is 4. The van der Waals surface area contributed by atoms with Crippen molar-refractivity contribution >= 4 is 22.6 Å². The molecule has 3 rings (SSSR count). The van der Waals surface area contributed by atoms with Gasteiger partial charge >= 0.3 is 6.03 Å². The lowest BCUT2D eigenvalue weighted by Crippen LogP contribution is -2.36. The molecule has 5 nitrogen and oxygen atoms in total. The van der Waals surface area contributed by atoms with Gasteiger partial charge in [0, 0.05) is 30.2 Å². The maximum absolute atomic E-state index is 12.0. The van der Waals surface area contributed by atoms with Crippen LogP contribution in [0.25, 0.3) is 11.3 Å². The molecule has 6 heteroatoms. The van der Waals surface area contributed by atoms with Gasteiger partial charge in [-0.1, -0.05) is 42.5 Å². The molecule has 0 saturated carbocycles. The Labute approximate surface area is 132 Å². The zero-order valence-electron chi connectivity index (χ0n) is 11.9. The number of rotatable bonds is 4. The lowest BCUT2D eigenvalue weighted by Gasteiger charge is -2.12. The molecular formula is C16H17N3O2S. The topological polar surface area (TPSA) is 74.2 Å². The third kappa shape index (κ3) is 3.52. The Bertz CT molecular complexity index is 669. The molecule has 0 aliphatic heterocycles. The van der Waals surface area contributed by atoms with E-state index in [4.69, 9.17) is 5.11 Å². The minimum absolute atomic E-state index is 0.0290. The Morgan fingerprint density at radius 1 is 1.32 bits per heavy atom. The predicted octanol–water partition coefficient (Wildman–Crippen LogP) is 2.87. The van der Waals surface area contributed by atoms with Crippen molar-refractivity contribution in [2.75, 3.05) is 11.9 Å². The van der Waals surface area contributed by atoms with E-state index in [0.29, 0.717) is 5.00 Å². The van der Waals surface area contributed by atoms with Crippen LogP contribution in [0.2, 0.25) is 0 Å². The van der Waals surface area contributed by atoms with Crippen molar-refractivity contribution in [3.8, 4) is 11.3 Å². The van der Waals surface area contributed by atoms with Crippen molar-refractivity contribution in [2.24, 2.45) is 5.92 Å².